The zero-order valence-electron chi connectivity index (χ0n) is 9.08. The van der Waals surface area contributed by atoms with E-state index in [1.165, 1.54) is 0 Å². The van der Waals surface area contributed by atoms with E-state index in [2.05, 4.69) is 25.1 Å². The minimum absolute atomic E-state index is 0.570. The van der Waals surface area contributed by atoms with Crippen LogP contribution in [0.15, 0.2) is 29.9 Å². The number of nitrogens with one attached hydrogen (secondary N) is 1. The van der Waals surface area contributed by atoms with Gasteiger partial charge in [0, 0.05) is 6.20 Å². The van der Waals surface area contributed by atoms with Crippen LogP contribution in [0.3, 0.4) is 0 Å². The van der Waals surface area contributed by atoms with E-state index in [0.29, 0.717) is 11.5 Å². The highest BCUT2D eigenvalue weighted by Gasteiger charge is 2.09. The number of aromatic amines is 1. The van der Waals surface area contributed by atoms with E-state index in [0.717, 1.165) is 16.4 Å². The van der Waals surface area contributed by atoms with E-state index in [4.69, 9.17) is 0 Å². The summed E-state index contributed by atoms with van der Waals surface area (Å²) in [7, 11) is 0. The molecule has 0 amide bonds. The van der Waals surface area contributed by atoms with Crippen LogP contribution in [-0.2, 0) is 0 Å². The second-order valence-electron chi connectivity index (χ2n) is 3.53. The van der Waals surface area contributed by atoms with Crippen LogP contribution in [0.1, 0.15) is 5.69 Å². The fraction of sp³-hybridized carbons (Fsp3) is 0.0909. The van der Waals surface area contributed by atoms with Crippen LogP contribution in [0.4, 0.5) is 0 Å². The van der Waals surface area contributed by atoms with Gasteiger partial charge in [0.15, 0.2) is 5.82 Å². The van der Waals surface area contributed by atoms with Gasteiger partial charge in [-0.15, -0.1) is 11.3 Å². The van der Waals surface area contributed by atoms with Crippen molar-refractivity contribution in [1.29, 1.82) is 0 Å². The van der Waals surface area contributed by atoms with Gasteiger partial charge in [-0.05, 0) is 18.4 Å². The van der Waals surface area contributed by atoms with Crippen LogP contribution < -0.4 is 0 Å². The van der Waals surface area contributed by atoms with Crippen molar-refractivity contribution in [3.8, 4) is 22.2 Å². The molecule has 0 fully saturated rings. The highest BCUT2D eigenvalue weighted by atomic mass is 32.1. The van der Waals surface area contributed by atoms with E-state index in [1.807, 2.05) is 24.4 Å². The normalized spacial score (nSPS) is 10.6. The molecule has 6 heteroatoms. The predicted molar refractivity (Wildman–Crippen MR) is 65.5 cm³/mol. The topological polar surface area (TPSA) is 67.3 Å². The van der Waals surface area contributed by atoms with E-state index < -0.39 is 0 Å². The van der Waals surface area contributed by atoms with Gasteiger partial charge in [-0.25, -0.2) is 9.97 Å². The van der Waals surface area contributed by atoms with Gasteiger partial charge in [-0.2, -0.15) is 5.10 Å². The molecule has 0 aliphatic heterocycles. The summed E-state index contributed by atoms with van der Waals surface area (Å²) in [5.74, 6) is 1.33. The Balaban J connectivity index is 1.98. The molecule has 0 saturated carbocycles. The Morgan fingerprint density at radius 2 is 2.18 bits per heavy atom. The van der Waals surface area contributed by atoms with Gasteiger partial charge in [0.05, 0.1) is 16.8 Å². The zero-order chi connectivity index (χ0) is 11.7. The Morgan fingerprint density at radius 3 is 2.88 bits per heavy atom. The first-order valence-electron chi connectivity index (χ1n) is 5.08. The first-order valence-corrected chi connectivity index (χ1v) is 5.96. The number of hydrogen-bond donors (Lipinski definition) is 1. The van der Waals surface area contributed by atoms with Crippen LogP contribution >= 0.6 is 11.3 Å². The van der Waals surface area contributed by atoms with Crippen LogP contribution in [0.25, 0.3) is 22.2 Å². The van der Waals surface area contributed by atoms with Crippen LogP contribution in [-0.4, -0.2) is 25.1 Å². The molecule has 84 valence electrons. The van der Waals surface area contributed by atoms with Crippen LogP contribution in [0.2, 0.25) is 0 Å². The number of thiophene rings is 1. The van der Waals surface area contributed by atoms with E-state index in [-0.39, 0.29) is 0 Å². The summed E-state index contributed by atoms with van der Waals surface area (Å²) >= 11 is 1.62. The fourth-order valence-corrected chi connectivity index (χ4v) is 2.07. The molecule has 3 rings (SSSR count). The Bertz CT molecular complexity index is 612. The highest BCUT2D eigenvalue weighted by Crippen LogP contribution is 2.22. The maximum absolute atomic E-state index is 4.39. The van der Waals surface area contributed by atoms with E-state index in [1.54, 1.807) is 23.7 Å². The molecule has 0 aliphatic carbocycles. The van der Waals surface area contributed by atoms with Gasteiger partial charge < -0.3 is 0 Å². The molecule has 3 heterocycles. The Hall–Kier alpha value is -2.08. The third-order valence-electron chi connectivity index (χ3n) is 2.25. The Labute approximate surface area is 102 Å². The van der Waals surface area contributed by atoms with Crippen molar-refractivity contribution in [3.05, 3.63) is 35.6 Å². The first-order chi connectivity index (χ1) is 8.33. The summed E-state index contributed by atoms with van der Waals surface area (Å²) in [6.07, 6.45) is 3.38. The summed E-state index contributed by atoms with van der Waals surface area (Å²) in [4.78, 5) is 13.9. The predicted octanol–water partition coefficient (Wildman–Crippen LogP) is 2.30. The average Bonchev–Trinajstić information content (AvgIpc) is 3.00. The van der Waals surface area contributed by atoms with Gasteiger partial charge in [0.25, 0.3) is 0 Å². The number of nitrogens with zero attached hydrogens (tertiary/aromatic N) is 4. The monoisotopic (exact) mass is 243 g/mol. The lowest BCUT2D eigenvalue weighted by molar-refractivity contribution is 1.06. The largest absolute Gasteiger partial charge is 0.258 e. The number of aromatic nitrogens is 5. The van der Waals surface area contributed by atoms with Gasteiger partial charge in [0.1, 0.15) is 5.69 Å². The molecule has 0 aromatic carbocycles. The highest BCUT2D eigenvalue weighted by molar-refractivity contribution is 7.13. The molecule has 5 nitrogen and oxygen atoms in total. The van der Waals surface area contributed by atoms with Crippen LogP contribution in [0, 0.1) is 6.92 Å². The maximum Gasteiger partial charge on any atom is 0.201 e. The van der Waals surface area contributed by atoms with E-state index >= 15 is 0 Å². The third-order valence-corrected chi connectivity index (χ3v) is 3.13. The van der Waals surface area contributed by atoms with Crippen molar-refractivity contribution in [3.63, 3.8) is 0 Å². The SMILES string of the molecule is Cc1cnc(-c2n[nH]c(-c3cccs3)n2)cn1. The molecule has 0 spiro atoms. The quantitative estimate of drug-likeness (QED) is 0.750. The van der Waals surface area contributed by atoms with Crippen LogP contribution in [0.5, 0.6) is 0 Å². The summed E-state index contributed by atoms with van der Waals surface area (Å²) in [5.41, 5.74) is 1.55. The summed E-state index contributed by atoms with van der Waals surface area (Å²) in [6.45, 7) is 1.89. The first kappa shape index (κ1) is 10.1. The molecular formula is C11H9N5S. The standard InChI is InChI=1S/C11H9N5S/c1-7-5-13-8(6-12-7)10-14-11(16-15-10)9-3-2-4-17-9/h2-6H,1H3,(H,14,15,16). The van der Waals surface area contributed by atoms with Crippen molar-refractivity contribution < 1.29 is 0 Å². The summed E-state index contributed by atoms with van der Waals surface area (Å²) in [6, 6.07) is 3.98. The Morgan fingerprint density at radius 1 is 1.24 bits per heavy atom. The lowest BCUT2D eigenvalue weighted by atomic mass is 10.4. The number of aryl methyl sites for hydroxylation is 1. The van der Waals surface area contributed by atoms with Gasteiger partial charge in [0.2, 0.25) is 5.82 Å². The molecular weight excluding hydrogens is 234 g/mol. The molecule has 0 saturated heterocycles. The maximum atomic E-state index is 4.39. The molecule has 0 radical (unpaired) electrons. The molecule has 0 aliphatic rings. The number of rotatable bonds is 2. The molecule has 1 N–H and O–H groups in total. The molecule has 3 aromatic heterocycles. The minimum Gasteiger partial charge on any atom is -0.258 e. The second kappa shape index (κ2) is 4.06. The lowest BCUT2D eigenvalue weighted by Crippen LogP contribution is -1.89. The van der Waals surface area contributed by atoms with Crippen molar-refractivity contribution >= 4 is 11.3 Å². The van der Waals surface area contributed by atoms with Crippen molar-refractivity contribution in [1.82, 2.24) is 25.1 Å². The molecule has 0 atom stereocenters. The summed E-state index contributed by atoms with van der Waals surface area (Å²) in [5, 5.41) is 9.05. The molecule has 0 unspecified atom stereocenters. The van der Waals surface area contributed by atoms with Gasteiger partial charge in [-0.3, -0.25) is 10.1 Å². The molecule has 17 heavy (non-hydrogen) atoms. The second-order valence-corrected chi connectivity index (χ2v) is 4.48. The molecule has 3 aromatic rings. The number of hydrogen-bond acceptors (Lipinski definition) is 5. The van der Waals surface area contributed by atoms with Crippen molar-refractivity contribution in [2.24, 2.45) is 0 Å². The van der Waals surface area contributed by atoms with Gasteiger partial charge >= 0.3 is 0 Å². The summed E-state index contributed by atoms with van der Waals surface area (Å²) < 4.78 is 0. The number of H-pyrrole nitrogens is 1. The molecule has 0 bridgehead atoms. The zero-order valence-corrected chi connectivity index (χ0v) is 9.90. The average molecular weight is 243 g/mol. The Kier molecular flexibility index (Phi) is 2.41. The van der Waals surface area contributed by atoms with Gasteiger partial charge in [-0.1, -0.05) is 6.07 Å². The van der Waals surface area contributed by atoms with Crippen molar-refractivity contribution in [2.45, 2.75) is 6.92 Å². The lowest BCUT2D eigenvalue weighted by Gasteiger charge is -1.93. The smallest absolute Gasteiger partial charge is 0.201 e. The van der Waals surface area contributed by atoms with E-state index in [9.17, 15) is 0 Å². The minimum atomic E-state index is 0.570. The fourth-order valence-electron chi connectivity index (χ4n) is 1.41. The third kappa shape index (κ3) is 1.94. The van der Waals surface area contributed by atoms with Crippen molar-refractivity contribution in [2.75, 3.05) is 0 Å².